The molecule has 0 heterocycles. The van der Waals surface area contributed by atoms with Crippen LogP contribution in [0.2, 0.25) is 0 Å². The first kappa shape index (κ1) is 13.4. The Hall–Kier alpha value is -2.08. The molecule has 0 fully saturated rings. The van der Waals surface area contributed by atoms with E-state index in [9.17, 15) is 9.18 Å². The molecule has 6 heteroatoms. The summed E-state index contributed by atoms with van der Waals surface area (Å²) < 4.78 is 14.2. The van der Waals surface area contributed by atoms with Crippen LogP contribution in [0.3, 0.4) is 0 Å². The number of nitrogens with one attached hydrogen (secondary N) is 1. The molecule has 0 aliphatic heterocycles. The largest absolute Gasteiger partial charge is 0.508 e. The number of halogens is 2. The van der Waals surface area contributed by atoms with Crippen LogP contribution in [0.15, 0.2) is 40.9 Å². The molecule has 2 aromatic carbocycles. The zero-order valence-electron chi connectivity index (χ0n) is 9.65. The molecule has 0 unspecified atom stereocenters. The minimum Gasteiger partial charge on any atom is -0.508 e. The summed E-state index contributed by atoms with van der Waals surface area (Å²) in [5.74, 6) is -1.64. The van der Waals surface area contributed by atoms with E-state index in [0.717, 1.165) is 6.07 Å². The third kappa shape index (κ3) is 3.03. The Labute approximate surface area is 117 Å². The van der Waals surface area contributed by atoms with Gasteiger partial charge >= 0.3 is 0 Å². The number of rotatable bonds is 2. The molecule has 2 aromatic rings. The van der Waals surface area contributed by atoms with Gasteiger partial charge in [0.25, 0.3) is 5.91 Å². The molecule has 98 valence electrons. The molecule has 0 atom stereocenters. The highest BCUT2D eigenvalue weighted by atomic mass is 79.9. The highest BCUT2D eigenvalue weighted by Gasteiger charge is 2.12. The normalized spacial score (nSPS) is 10.2. The van der Waals surface area contributed by atoms with Gasteiger partial charge in [0.05, 0.1) is 5.56 Å². The Morgan fingerprint density at radius 3 is 2.63 bits per heavy atom. The van der Waals surface area contributed by atoms with Crippen molar-refractivity contribution in [1.82, 2.24) is 0 Å². The van der Waals surface area contributed by atoms with Gasteiger partial charge in [-0.1, -0.05) is 0 Å². The van der Waals surface area contributed by atoms with Gasteiger partial charge in [-0.15, -0.1) is 0 Å². The van der Waals surface area contributed by atoms with Crippen LogP contribution in [-0.2, 0) is 0 Å². The molecule has 0 saturated heterocycles. The third-order valence-corrected chi connectivity index (χ3v) is 3.17. The molecule has 4 N–H and O–H groups in total. The fraction of sp³-hybridized carbons (Fsp3) is 0. The van der Waals surface area contributed by atoms with E-state index in [1.165, 1.54) is 12.1 Å². The van der Waals surface area contributed by atoms with E-state index in [2.05, 4.69) is 21.2 Å². The van der Waals surface area contributed by atoms with Gasteiger partial charge in [0, 0.05) is 21.9 Å². The Balaban J connectivity index is 2.23. The lowest BCUT2D eigenvalue weighted by atomic mass is 10.2. The Kier molecular flexibility index (Phi) is 3.71. The third-order valence-electron chi connectivity index (χ3n) is 2.45. The molecular weight excluding hydrogens is 315 g/mol. The van der Waals surface area contributed by atoms with Crippen molar-refractivity contribution in [1.29, 1.82) is 0 Å². The lowest BCUT2D eigenvalue weighted by Gasteiger charge is -2.08. The average Bonchev–Trinajstić information content (AvgIpc) is 2.33. The first-order valence-electron chi connectivity index (χ1n) is 5.32. The molecule has 2 rings (SSSR count). The number of hydrogen-bond acceptors (Lipinski definition) is 3. The van der Waals surface area contributed by atoms with Crippen LogP contribution in [-0.4, -0.2) is 11.0 Å². The SMILES string of the molecule is Nc1cc(NC(=O)c2ccc(O)cc2F)ccc1Br. The van der Waals surface area contributed by atoms with Crippen molar-refractivity contribution >= 4 is 33.2 Å². The number of phenols is 1. The zero-order chi connectivity index (χ0) is 14.0. The number of nitrogens with two attached hydrogens (primary N) is 1. The molecular formula is C13H10BrFN2O2. The van der Waals surface area contributed by atoms with Gasteiger partial charge in [-0.05, 0) is 46.3 Å². The van der Waals surface area contributed by atoms with E-state index in [0.29, 0.717) is 15.8 Å². The van der Waals surface area contributed by atoms with E-state index < -0.39 is 11.7 Å². The van der Waals surface area contributed by atoms with Crippen molar-refractivity contribution in [3.05, 3.63) is 52.3 Å². The minimum atomic E-state index is -0.789. The van der Waals surface area contributed by atoms with Crippen LogP contribution in [0.25, 0.3) is 0 Å². The van der Waals surface area contributed by atoms with E-state index in [-0.39, 0.29) is 11.3 Å². The first-order valence-corrected chi connectivity index (χ1v) is 6.11. The average molecular weight is 325 g/mol. The van der Waals surface area contributed by atoms with Crippen molar-refractivity contribution < 1.29 is 14.3 Å². The van der Waals surface area contributed by atoms with Gasteiger partial charge < -0.3 is 16.2 Å². The Bertz CT molecular complexity index is 647. The summed E-state index contributed by atoms with van der Waals surface area (Å²) in [5, 5.41) is 11.6. The lowest BCUT2D eigenvalue weighted by Crippen LogP contribution is -2.13. The standard InChI is InChI=1S/C13H10BrFN2O2/c14-10-4-1-7(5-12(10)16)17-13(19)9-3-2-8(18)6-11(9)15/h1-6,18H,16H2,(H,17,19). The summed E-state index contributed by atoms with van der Waals surface area (Å²) in [7, 11) is 0. The van der Waals surface area contributed by atoms with Crippen LogP contribution < -0.4 is 11.1 Å². The summed E-state index contributed by atoms with van der Waals surface area (Å²) in [6, 6.07) is 8.20. The van der Waals surface area contributed by atoms with E-state index in [1.807, 2.05) is 0 Å². The van der Waals surface area contributed by atoms with Crippen molar-refractivity contribution in [2.45, 2.75) is 0 Å². The van der Waals surface area contributed by atoms with E-state index >= 15 is 0 Å². The zero-order valence-corrected chi connectivity index (χ0v) is 11.2. The molecule has 4 nitrogen and oxygen atoms in total. The fourth-order valence-corrected chi connectivity index (χ4v) is 1.75. The van der Waals surface area contributed by atoms with Gasteiger partial charge in [0.15, 0.2) is 0 Å². The molecule has 0 spiro atoms. The Morgan fingerprint density at radius 1 is 1.26 bits per heavy atom. The van der Waals surface area contributed by atoms with Gasteiger partial charge in [0.1, 0.15) is 11.6 Å². The number of anilines is 2. The monoisotopic (exact) mass is 324 g/mol. The van der Waals surface area contributed by atoms with Crippen LogP contribution in [0.5, 0.6) is 5.75 Å². The number of carbonyl (C=O) groups excluding carboxylic acids is 1. The van der Waals surface area contributed by atoms with Gasteiger partial charge in [-0.3, -0.25) is 4.79 Å². The van der Waals surface area contributed by atoms with Crippen LogP contribution in [0, 0.1) is 5.82 Å². The Morgan fingerprint density at radius 2 is 2.00 bits per heavy atom. The number of phenolic OH excluding ortho intramolecular Hbond substituents is 1. The minimum absolute atomic E-state index is 0.153. The fourth-order valence-electron chi connectivity index (χ4n) is 1.51. The molecule has 0 aromatic heterocycles. The lowest BCUT2D eigenvalue weighted by molar-refractivity contribution is 0.102. The van der Waals surface area contributed by atoms with Gasteiger partial charge in [-0.2, -0.15) is 0 Å². The van der Waals surface area contributed by atoms with Gasteiger partial charge in [0.2, 0.25) is 0 Å². The summed E-state index contributed by atoms with van der Waals surface area (Å²) in [5.41, 5.74) is 6.44. The maximum atomic E-state index is 13.5. The second-order valence-corrected chi connectivity index (χ2v) is 4.71. The smallest absolute Gasteiger partial charge is 0.258 e. The van der Waals surface area contributed by atoms with E-state index in [4.69, 9.17) is 10.8 Å². The molecule has 19 heavy (non-hydrogen) atoms. The summed E-state index contributed by atoms with van der Waals surface area (Å²) in [4.78, 5) is 11.9. The summed E-state index contributed by atoms with van der Waals surface area (Å²) in [6.45, 7) is 0. The molecule has 0 saturated carbocycles. The predicted molar refractivity (Wildman–Crippen MR) is 74.6 cm³/mol. The number of carbonyl (C=O) groups is 1. The molecule has 1 amide bonds. The number of nitrogen functional groups attached to an aromatic ring is 1. The summed E-state index contributed by atoms with van der Waals surface area (Å²) in [6.07, 6.45) is 0. The van der Waals surface area contributed by atoms with Crippen LogP contribution in [0.4, 0.5) is 15.8 Å². The molecule has 0 radical (unpaired) electrons. The van der Waals surface area contributed by atoms with Crippen molar-refractivity contribution in [2.75, 3.05) is 11.1 Å². The maximum Gasteiger partial charge on any atom is 0.258 e. The second-order valence-electron chi connectivity index (χ2n) is 3.85. The highest BCUT2D eigenvalue weighted by molar-refractivity contribution is 9.10. The predicted octanol–water partition coefficient (Wildman–Crippen LogP) is 3.13. The quantitative estimate of drug-likeness (QED) is 0.743. The van der Waals surface area contributed by atoms with Gasteiger partial charge in [-0.25, -0.2) is 4.39 Å². The van der Waals surface area contributed by atoms with Crippen LogP contribution in [0.1, 0.15) is 10.4 Å². The number of benzene rings is 2. The van der Waals surface area contributed by atoms with Crippen molar-refractivity contribution in [3.8, 4) is 5.75 Å². The molecule has 0 aliphatic carbocycles. The number of amides is 1. The topological polar surface area (TPSA) is 75.3 Å². The maximum absolute atomic E-state index is 13.5. The number of aromatic hydroxyl groups is 1. The van der Waals surface area contributed by atoms with Crippen LogP contribution >= 0.6 is 15.9 Å². The first-order chi connectivity index (χ1) is 8.97. The molecule has 0 bridgehead atoms. The number of hydrogen-bond donors (Lipinski definition) is 3. The highest BCUT2D eigenvalue weighted by Crippen LogP contribution is 2.23. The summed E-state index contributed by atoms with van der Waals surface area (Å²) >= 11 is 3.23. The second kappa shape index (κ2) is 5.27. The van der Waals surface area contributed by atoms with Crippen molar-refractivity contribution in [3.63, 3.8) is 0 Å². The van der Waals surface area contributed by atoms with Crippen molar-refractivity contribution in [2.24, 2.45) is 0 Å². The molecule has 0 aliphatic rings. The van der Waals surface area contributed by atoms with E-state index in [1.54, 1.807) is 18.2 Å².